The molecule has 0 saturated heterocycles. The van der Waals surface area contributed by atoms with Crippen LogP contribution in [0.15, 0.2) is 34.7 Å². The minimum absolute atomic E-state index is 0.0877. The van der Waals surface area contributed by atoms with Crippen LogP contribution in [-0.4, -0.2) is 13.0 Å². The molecule has 1 aromatic carbocycles. The van der Waals surface area contributed by atoms with Gasteiger partial charge in [-0.05, 0) is 31.5 Å². The van der Waals surface area contributed by atoms with Crippen LogP contribution in [0.5, 0.6) is 0 Å². The molecule has 0 aliphatic heterocycles. The number of amides is 1. The van der Waals surface area contributed by atoms with Gasteiger partial charge in [0.25, 0.3) is 5.91 Å². The van der Waals surface area contributed by atoms with Crippen LogP contribution >= 0.6 is 0 Å². The number of rotatable bonds is 3. The number of furan rings is 1. The van der Waals surface area contributed by atoms with E-state index in [0.717, 1.165) is 17.0 Å². The molecule has 0 atom stereocenters. The van der Waals surface area contributed by atoms with Crippen molar-refractivity contribution in [2.75, 3.05) is 11.9 Å². The first-order valence-corrected chi connectivity index (χ1v) is 6.17. The van der Waals surface area contributed by atoms with Crippen molar-refractivity contribution in [3.8, 4) is 0 Å². The number of nitrogens with two attached hydrogens (primary N) is 1. The number of aryl methyl sites for hydroxylation is 2. The van der Waals surface area contributed by atoms with Crippen LogP contribution in [0.3, 0.4) is 0 Å². The van der Waals surface area contributed by atoms with Crippen LogP contribution < -0.4 is 10.6 Å². The van der Waals surface area contributed by atoms with Crippen molar-refractivity contribution in [3.63, 3.8) is 0 Å². The summed E-state index contributed by atoms with van der Waals surface area (Å²) in [6.07, 6.45) is 0. The molecule has 2 aromatic rings. The van der Waals surface area contributed by atoms with Crippen molar-refractivity contribution in [2.45, 2.75) is 20.4 Å². The minimum Gasteiger partial charge on any atom is -0.466 e. The van der Waals surface area contributed by atoms with E-state index in [1.54, 1.807) is 24.9 Å². The van der Waals surface area contributed by atoms with E-state index in [1.807, 2.05) is 31.2 Å². The summed E-state index contributed by atoms with van der Waals surface area (Å²) < 4.78 is 5.41. The Morgan fingerprint density at radius 2 is 2.00 bits per heavy atom. The summed E-state index contributed by atoms with van der Waals surface area (Å²) in [7, 11) is 1.75. The van der Waals surface area contributed by atoms with Gasteiger partial charge in [-0.2, -0.15) is 0 Å². The second-order valence-corrected chi connectivity index (χ2v) is 4.52. The fourth-order valence-electron chi connectivity index (χ4n) is 2.14. The maximum atomic E-state index is 12.5. The summed E-state index contributed by atoms with van der Waals surface area (Å²) in [4.78, 5) is 14.1. The summed E-state index contributed by atoms with van der Waals surface area (Å²) in [5.41, 5.74) is 8.06. The highest BCUT2D eigenvalue weighted by molar-refractivity contribution is 6.06. The van der Waals surface area contributed by atoms with E-state index >= 15 is 0 Å². The zero-order valence-corrected chi connectivity index (χ0v) is 11.4. The molecule has 0 bridgehead atoms. The van der Waals surface area contributed by atoms with E-state index in [4.69, 9.17) is 10.2 Å². The Morgan fingerprint density at radius 3 is 2.58 bits per heavy atom. The van der Waals surface area contributed by atoms with Crippen LogP contribution in [0.1, 0.15) is 27.4 Å². The molecule has 0 saturated carbocycles. The standard InChI is InChI=1S/C15H18N2O2/c1-10-8-13(11(2)19-10)15(18)17(3)14-7-5-4-6-12(14)9-16/h4-8H,9,16H2,1-3H3. The maximum absolute atomic E-state index is 12.5. The lowest BCUT2D eigenvalue weighted by atomic mass is 10.1. The lowest BCUT2D eigenvalue weighted by molar-refractivity contribution is 0.0991. The van der Waals surface area contributed by atoms with Gasteiger partial charge in [-0.3, -0.25) is 4.79 Å². The molecule has 2 rings (SSSR count). The van der Waals surface area contributed by atoms with E-state index in [-0.39, 0.29) is 5.91 Å². The van der Waals surface area contributed by atoms with E-state index < -0.39 is 0 Å². The fourth-order valence-corrected chi connectivity index (χ4v) is 2.14. The molecule has 0 fully saturated rings. The largest absolute Gasteiger partial charge is 0.466 e. The number of carbonyl (C=O) groups excluding carboxylic acids is 1. The number of benzene rings is 1. The Balaban J connectivity index is 2.36. The van der Waals surface area contributed by atoms with Crippen molar-refractivity contribution >= 4 is 11.6 Å². The van der Waals surface area contributed by atoms with Gasteiger partial charge < -0.3 is 15.1 Å². The summed E-state index contributed by atoms with van der Waals surface area (Å²) in [5.74, 6) is 1.29. The zero-order valence-electron chi connectivity index (χ0n) is 11.4. The molecule has 100 valence electrons. The number of nitrogens with zero attached hydrogens (tertiary/aromatic N) is 1. The highest BCUT2D eigenvalue weighted by Gasteiger charge is 2.20. The number of hydrogen-bond acceptors (Lipinski definition) is 3. The molecule has 0 radical (unpaired) electrons. The summed E-state index contributed by atoms with van der Waals surface area (Å²) in [6.45, 7) is 4.03. The van der Waals surface area contributed by atoms with Gasteiger partial charge in [-0.15, -0.1) is 0 Å². The van der Waals surface area contributed by atoms with E-state index in [0.29, 0.717) is 17.9 Å². The quantitative estimate of drug-likeness (QED) is 0.920. The first-order chi connectivity index (χ1) is 9.04. The third kappa shape index (κ3) is 2.53. The summed E-state index contributed by atoms with van der Waals surface area (Å²) in [6, 6.07) is 9.39. The van der Waals surface area contributed by atoms with E-state index in [9.17, 15) is 4.79 Å². The van der Waals surface area contributed by atoms with Crippen LogP contribution in [0, 0.1) is 13.8 Å². The first kappa shape index (κ1) is 13.4. The molecule has 1 amide bonds. The van der Waals surface area contributed by atoms with E-state index in [1.165, 1.54) is 0 Å². The second-order valence-electron chi connectivity index (χ2n) is 4.52. The maximum Gasteiger partial charge on any atom is 0.261 e. The third-order valence-corrected chi connectivity index (χ3v) is 3.15. The summed E-state index contributed by atoms with van der Waals surface area (Å²) >= 11 is 0. The van der Waals surface area contributed by atoms with Crippen LogP contribution in [-0.2, 0) is 6.54 Å². The van der Waals surface area contributed by atoms with Crippen molar-refractivity contribution in [2.24, 2.45) is 5.73 Å². The first-order valence-electron chi connectivity index (χ1n) is 6.17. The molecule has 19 heavy (non-hydrogen) atoms. The van der Waals surface area contributed by atoms with Gasteiger partial charge in [0.1, 0.15) is 11.5 Å². The molecule has 1 aromatic heterocycles. The van der Waals surface area contributed by atoms with Gasteiger partial charge in [0.2, 0.25) is 0 Å². The lowest BCUT2D eigenvalue weighted by Crippen LogP contribution is -2.27. The van der Waals surface area contributed by atoms with E-state index in [2.05, 4.69) is 0 Å². The lowest BCUT2D eigenvalue weighted by Gasteiger charge is -2.19. The van der Waals surface area contributed by atoms with Gasteiger partial charge >= 0.3 is 0 Å². The van der Waals surface area contributed by atoms with Gasteiger partial charge in [0, 0.05) is 19.3 Å². The third-order valence-electron chi connectivity index (χ3n) is 3.15. The van der Waals surface area contributed by atoms with Gasteiger partial charge in [-0.1, -0.05) is 18.2 Å². The number of anilines is 1. The number of para-hydroxylation sites is 1. The zero-order chi connectivity index (χ0) is 14.0. The van der Waals surface area contributed by atoms with Crippen molar-refractivity contribution in [3.05, 3.63) is 53.0 Å². The Kier molecular flexibility index (Phi) is 3.71. The molecule has 4 heteroatoms. The average molecular weight is 258 g/mol. The number of hydrogen-bond donors (Lipinski definition) is 1. The molecule has 0 aliphatic rings. The second kappa shape index (κ2) is 5.28. The average Bonchev–Trinajstić information content (AvgIpc) is 2.76. The normalized spacial score (nSPS) is 10.5. The molecule has 4 nitrogen and oxygen atoms in total. The van der Waals surface area contributed by atoms with Crippen LogP contribution in [0.25, 0.3) is 0 Å². The molecule has 0 aliphatic carbocycles. The Labute approximate surface area is 112 Å². The number of carbonyl (C=O) groups is 1. The predicted molar refractivity (Wildman–Crippen MR) is 75.2 cm³/mol. The van der Waals surface area contributed by atoms with Gasteiger partial charge in [-0.25, -0.2) is 0 Å². The SMILES string of the molecule is Cc1cc(C(=O)N(C)c2ccccc2CN)c(C)o1. The molecule has 0 unspecified atom stereocenters. The Hall–Kier alpha value is -2.07. The summed E-state index contributed by atoms with van der Waals surface area (Å²) in [5, 5.41) is 0. The fraction of sp³-hybridized carbons (Fsp3) is 0.267. The smallest absolute Gasteiger partial charge is 0.261 e. The molecular weight excluding hydrogens is 240 g/mol. The topological polar surface area (TPSA) is 59.5 Å². The van der Waals surface area contributed by atoms with Gasteiger partial charge in [0.15, 0.2) is 0 Å². The molecule has 2 N–H and O–H groups in total. The van der Waals surface area contributed by atoms with Crippen molar-refractivity contribution in [1.82, 2.24) is 0 Å². The highest BCUT2D eigenvalue weighted by Crippen LogP contribution is 2.23. The van der Waals surface area contributed by atoms with Crippen LogP contribution in [0.4, 0.5) is 5.69 Å². The monoisotopic (exact) mass is 258 g/mol. The minimum atomic E-state index is -0.0877. The predicted octanol–water partition coefficient (Wildman–Crippen LogP) is 2.63. The van der Waals surface area contributed by atoms with Crippen molar-refractivity contribution in [1.29, 1.82) is 0 Å². The van der Waals surface area contributed by atoms with Gasteiger partial charge in [0.05, 0.1) is 5.56 Å². The molecular formula is C15H18N2O2. The highest BCUT2D eigenvalue weighted by atomic mass is 16.3. The molecule has 0 spiro atoms. The van der Waals surface area contributed by atoms with Crippen molar-refractivity contribution < 1.29 is 9.21 Å². The van der Waals surface area contributed by atoms with Crippen LogP contribution in [0.2, 0.25) is 0 Å². The molecule has 1 heterocycles. The Bertz CT molecular complexity index is 602. The Morgan fingerprint density at radius 1 is 1.32 bits per heavy atom.